The van der Waals surface area contributed by atoms with Crippen molar-refractivity contribution < 1.29 is 4.43 Å². The fourth-order valence-corrected chi connectivity index (χ4v) is 9.53. The van der Waals surface area contributed by atoms with E-state index in [0.29, 0.717) is 4.83 Å². The number of rotatable bonds is 4. The molecule has 0 fully saturated rings. The third kappa shape index (κ3) is 3.94. The van der Waals surface area contributed by atoms with Gasteiger partial charge in [-0.05, 0) is 28.3 Å². The Balaban J connectivity index is 2.12. The first-order chi connectivity index (χ1) is 12.3. The van der Waals surface area contributed by atoms with Crippen LogP contribution in [0.15, 0.2) is 71.2 Å². The van der Waals surface area contributed by atoms with Gasteiger partial charge < -0.3 is 4.43 Å². The van der Waals surface area contributed by atoms with Gasteiger partial charge in [-0.3, -0.25) is 0 Å². The zero-order valence-electron chi connectivity index (χ0n) is 15.6. The summed E-state index contributed by atoms with van der Waals surface area (Å²) in [5.74, 6) is 0. The summed E-state index contributed by atoms with van der Waals surface area (Å²) in [5.41, 5.74) is 0. The van der Waals surface area contributed by atoms with E-state index in [1.54, 1.807) is 0 Å². The van der Waals surface area contributed by atoms with Gasteiger partial charge in [0.2, 0.25) is 0 Å². The highest BCUT2D eigenvalue weighted by Crippen LogP contribution is 2.40. The summed E-state index contributed by atoms with van der Waals surface area (Å²) >= 11 is 7.44. The zero-order chi connectivity index (χ0) is 18.8. The Morgan fingerprint density at radius 2 is 1.42 bits per heavy atom. The van der Waals surface area contributed by atoms with E-state index in [-0.39, 0.29) is 11.1 Å². The Labute approximate surface area is 175 Å². The van der Waals surface area contributed by atoms with Crippen LogP contribution in [0.25, 0.3) is 0 Å². The number of halogens is 2. The number of hydrogen-bond acceptors (Lipinski definition) is 1. The van der Waals surface area contributed by atoms with Crippen LogP contribution in [0.4, 0.5) is 0 Å². The molecule has 4 heteroatoms. The Hall–Kier alpha value is -0.683. The molecular weight excluding hydrogens is 468 g/mol. The first-order valence-corrected chi connectivity index (χ1v) is 12.7. The fraction of sp³-hybridized carbons (Fsp3) is 0.364. The predicted molar refractivity (Wildman–Crippen MR) is 121 cm³/mol. The molecular formula is C22H26Br2OSi. The SMILES string of the molecule is CC(C)(C)[Si](OC1CC=C(Br)C(Br)C1)(c1ccccc1)c1ccccc1. The second-order valence-electron chi connectivity index (χ2n) is 7.93. The quantitative estimate of drug-likeness (QED) is 0.388. The van der Waals surface area contributed by atoms with E-state index in [2.05, 4.69) is 119 Å². The second kappa shape index (κ2) is 8.13. The topological polar surface area (TPSA) is 9.23 Å². The first-order valence-electron chi connectivity index (χ1n) is 9.13. The molecule has 2 aromatic rings. The van der Waals surface area contributed by atoms with Gasteiger partial charge in [-0.15, -0.1) is 0 Å². The van der Waals surface area contributed by atoms with Gasteiger partial charge in [-0.2, -0.15) is 0 Å². The lowest BCUT2D eigenvalue weighted by molar-refractivity contribution is 0.179. The van der Waals surface area contributed by atoms with Gasteiger partial charge in [0.05, 0.1) is 6.10 Å². The summed E-state index contributed by atoms with van der Waals surface area (Å²) in [4.78, 5) is 0.333. The average Bonchev–Trinajstić information content (AvgIpc) is 2.63. The van der Waals surface area contributed by atoms with Crippen molar-refractivity contribution in [3.05, 3.63) is 71.2 Å². The Morgan fingerprint density at radius 3 is 1.85 bits per heavy atom. The highest BCUT2D eigenvalue weighted by molar-refractivity contribution is 9.14. The van der Waals surface area contributed by atoms with Crippen LogP contribution in [0, 0.1) is 0 Å². The normalized spacial score (nSPS) is 21.3. The third-order valence-electron chi connectivity index (χ3n) is 5.11. The van der Waals surface area contributed by atoms with Gasteiger partial charge >= 0.3 is 0 Å². The molecule has 2 aromatic carbocycles. The summed E-state index contributed by atoms with van der Waals surface area (Å²) in [5, 5.41) is 2.72. The van der Waals surface area contributed by atoms with Crippen LogP contribution in [0.5, 0.6) is 0 Å². The van der Waals surface area contributed by atoms with E-state index in [9.17, 15) is 0 Å². The monoisotopic (exact) mass is 492 g/mol. The van der Waals surface area contributed by atoms with Crippen molar-refractivity contribution in [2.45, 2.75) is 49.6 Å². The molecule has 2 unspecified atom stereocenters. The number of hydrogen-bond donors (Lipinski definition) is 0. The third-order valence-corrected chi connectivity index (χ3v) is 12.6. The summed E-state index contributed by atoms with van der Waals surface area (Å²) in [6.45, 7) is 7.00. The smallest absolute Gasteiger partial charge is 0.261 e. The molecule has 3 rings (SSSR count). The highest BCUT2D eigenvalue weighted by atomic mass is 79.9. The van der Waals surface area contributed by atoms with Crippen molar-refractivity contribution in [1.29, 1.82) is 0 Å². The summed E-state index contributed by atoms with van der Waals surface area (Å²) < 4.78 is 8.41. The summed E-state index contributed by atoms with van der Waals surface area (Å²) in [6.07, 6.45) is 4.41. The van der Waals surface area contributed by atoms with Crippen LogP contribution in [-0.2, 0) is 4.43 Å². The molecule has 0 spiro atoms. The van der Waals surface area contributed by atoms with Gasteiger partial charge in [0.25, 0.3) is 8.32 Å². The molecule has 0 amide bonds. The van der Waals surface area contributed by atoms with Crippen molar-refractivity contribution in [1.82, 2.24) is 0 Å². The van der Waals surface area contributed by atoms with Crippen LogP contribution >= 0.6 is 31.9 Å². The molecule has 0 aliphatic heterocycles. The van der Waals surface area contributed by atoms with E-state index in [1.165, 1.54) is 14.9 Å². The van der Waals surface area contributed by atoms with Gasteiger partial charge in [-0.25, -0.2) is 0 Å². The zero-order valence-corrected chi connectivity index (χ0v) is 19.8. The molecule has 0 N–H and O–H groups in total. The second-order valence-corrected chi connectivity index (χ2v) is 14.2. The summed E-state index contributed by atoms with van der Waals surface area (Å²) in [7, 11) is -2.45. The van der Waals surface area contributed by atoms with Crippen LogP contribution < -0.4 is 10.4 Å². The van der Waals surface area contributed by atoms with Crippen LogP contribution in [-0.4, -0.2) is 19.2 Å². The molecule has 0 saturated carbocycles. The molecule has 26 heavy (non-hydrogen) atoms. The Kier molecular flexibility index (Phi) is 6.28. The van der Waals surface area contributed by atoms with Crippen molar-refractivity contribution in [2.24, 2.45) is 0 Å². The van der Waals surface area contributed by atoms with Gasteiger partial charge in [-0.1, -0.05) is 119 Å². The summed E-state index contributed by atoms with van der Waals surface area (Å²) in [6, 6.07) is 21.8. The largest absolute Gasteiger partial charge is 0.404 e. The Morgan fingerprint density at radius 1 is 0.923 bits per heavy atom. The Bertz CT molecular complexity index is 713. The van der Waals surface area contributed by atoms with Gasteiger partial charge in [0, 0.05) is 9.31 Å². The molecule has 138 valence electrons. The highest BCUT2D eigenvalue weighted by Gasteiger charge is 2.51. The molecule has 1 aliphatic carbocycles. The molecule has 0 aromatic heterocycles. The lowest BCUT2D eigenvalue weighted by atomic mass is 10.1. The first kappa shape index (κ1) is 20.1. The lowest BCUT2D eigenvalue weighted by Crippen LogP contribution is -2.67. The molecule has 1 aliphatic rings. The number of benzene rings is 2. The van der Waals surface area contributed by atoms with E-state index in [4.69, 9.17) is 4.43 Å². The van der Waals surface area contributed by atoms with Crippen molar-refractivity contribution >= 4 is 50.6 Å². The number of alkyl halides is 1. The molecule has 2 atom stereocenters. The predicted octanol–water partition coefficient (Wildman–Crippen LogP) is 5.77. The van der Waals surface area contributed by atoms with Crippen molar-refractivity contribution in [2.75, 3.05) is 0 Å². The van der Waals surface area contributed by atoms with Crippen LogP contribution in [0.1, 0.15) is 33.6 Å². The average molecular weight is 494 g/mol. The maximum absolute atomic E-state index is 7.18. The molecule has 0 bridgehead atoms. The van der Waals surface area contributed by atoms with Gasteiger partial charge in [0.15, 0.2) is 0 Å². The fourth-order valence-electron chi connectivity index (χ4n) is 3.85. The molecule has 0 saturated heterocycles. The van der Waals surface area contributed by atoms with E-state index in [1.807, 2.05) is 0 Å². The lowest BCUT2D eigenvalue weighted by Gasteiger charge is -2.46. The van der Waals surface area contributed by atoms with Crippen molar-refractivity contribution in [3.63, 3.8) is 0 Å². The van der Waals surface area contributed by atoms with E-state index < -0.39 is 8.32 Å². The minimum Gasteiger partial charge on any atom is -0.404 e. The van der Waals surface area contributed by atoms with Gasteiger partial charge in [0.1, 0.15) is 0 Å². The maximum Gasteiger partial charge on any atom is 0.261 e. The van der Waals surface area contributed by atoms with E-state index in [0.717, 1.165) is 12.8 Å². The molecule has 0 heterocycles. The maximum atomic E-state index is 7.18. The van der Waals surface area contributed by atoms with Crippen LogP contribution in [0.3, 0.4) is 0 Å². The molecule has 0 radical (unpaired) electrons. The minimum absolute atomic E-state index is 0.0237. The van der Waals surface area contributed by atoms with Crippen molar-refractivity contribution in [3.8, 4) is 0 Å². The number of allylic oxidation sites excluding steroid dienone is 1. The minimum atomic E-state index is -2.45. The van der Waals surface area contributed by atoms with Crippen LogP contribution in [0.2, 0.25) is 5.04 Å². The standard InChI is InChI=1S/C22H26Br2OSi/c1-22(2,3)26(18-10-6-4-7-11-18,19-12-8-5-9-13-19)25-17-14-15-20(23)21(24)16-17/h4-13,15,17,21H,14,16H2,1-3H3. The van der Waals surface area contributed by atoms with E-state index >= 15 is 0 Å². The molecule has 1 nitrogen and oxygen atoms in total.